The molecule has 6 heterocycles. The molecule has 3 aromatic carbocycles. The molecule has 1 amide bonds. The van der Waals surface area contributed by atoms with Gasteiger partial charge < -0.3 is 31.2 Å². The summed E-state index contributed by atoms with van der Waals surface area (Å²) >= 11 is 0. The summed E-state index contributed by atoms with van der Waals surface area (Å²) in [4.78, 5) is 23.8. The van der Waals surface area contributed by atoms with Crippen molar-refractivity contribution in [1.29, 1.82) is 0 Å². The van der Waals surface area contributed by atoms with Gasteiger partial charge in [-0.05, 0) is 110 Å². The van der Waals surface area contributed by atoms with E-state index in [2.05, 4.69) is 61.5 Å². The second kappa shape index (κ2) is 22.6. The Bertz CT molecular complexity index is 3470. The number of carbonyl (C=O) groups excluding carboxylic acids is 1. The third kappa shape index (κ3) is 13.7. The van der Waals surface area contributed by atoms with Gasteiger partial charge in [-0.15, -0.1) is 25.5 Å². The minimum atomic E-state index is -4.63. The smallest absolute Gasteiger partial charge is 0.416 e. The first-order chi connectivity index (χ1) is 36.0. The molecule has 0 fully saturated rings. The standard InChI is InChI=1S/C18H13F4N5O2.C18H11F4N5.C12H11F3N4O/c1-29-16-8-7-15(26-27-16)24-11-6-5-10(18(20,21)22)9-13(11)25-17(28)12-3-2-4-14(19)23-12;1-10-5-8-16(26-25-10)27-14-7-6-11(18(20,21)22)9-13(14)24-17(27)12-3-2-4-15(19)23-12;1-20-11-5-4-10(18-19-11)17-9-3-2-7(6-8(9)16)12(13,14)15/h2-9H,1H3,(H,24,26)(H,25,28);2-9H,1H3;2-6H,16H2,1H3,(H,17,18). The van der Waals surface area contributed by atoms with Crippen molar-refractivity contribution in [2.75, 3.05) is 35.9 Å². The summed E-state index contributed by atoms with van der Waals surface area (Å²) in [5, 5.41) is 31.0. The number of fused-ring (bicyclic) bond motifs is 1. The number of benzene rings is 3. The Labute approximate surface area is 421 Å². The van der Waals surface area contributed by atoms with Gasteiger partial charge in [-0.3, -0.25) is 9.36 Å². The van der Waals surface area contributed by atoms with Crippen LogP contribution in [0.15, 0.2) is 127 Å². The summed E-state index contributed by atoms with van der Waals surface area (Å²) < 4.78 is 154. The lowest BCUT2D eigenvalue weighted by molar-refractivity contribution is -0.138. The van der Waals surface area contributed by atoms with Crippen molar-refractivity contribution in [3.63, 3.8) is 0 Å². The maximum atomic E-state index is 13.6. The normalized spacial score (nSPS) is 11.4. The number of imidazole rings is 1. The van der Waals surface area contributed by atoms with Gasteiger partial charge in [0.15, 0.2) is 23.3 Å². The third-order valence-electron chi connectivity index (χ3n) is 10.1. The topological polar surface area (TPSA) is 219 Å². The SMILES string of the molecule is COc1ccc(Nc2ccc(C(F)(F)F)cc2N)nn1.COc1ccc(Nc2ccc(C(F)(F)F)cc2NC(=O)c2cccc(F)n2)nn1.Cc1ccc(-n2c(-c3cccc(F)n3)nc3cc(C(F)(F)F)ccc32)nn1. The minimum Gasteiger partial charge on any atom is -0.480 e. The van der Waals surface area contributed by atoms with E-state index in [1.807, 2.05) is 0 Å². The number of nitrogen functional groups attached to an aromatic ring is 1. The maximum Gasteiger partial charge on any atom is 0.416 e. The first-order valence-corrected chi connectivity index (χ1v) is 21.4. The van der Waals surface area contributed by atoms with Crippen LogP contribution in [0.5, 0.6) is 11.8 Å². The summed E-state index contributed by atoms with van der Waals surface area (Å²) in [6, 6.07) is 26.1. The molecule has 392 valence electrons. The summed E-state index contributed by atoms with van der Waals surface area (Å²) in [5.74, 6) is -0.879. The van der Waals surface area contributed by atoms with Crippen LogP contribution in [0.3, 0.4) is 0 Å². The summed E-state index contributed by atoms with van der Waals surface area (Å²) in [6.07, 6.45) is -13.6. The number of ether oxygens (including phenoxy) is 2. The molecule has 0 radical (unpaired) electrons. The van der Waals surface area contributed by atoms with Crippen LogP contribution in [-0.4, -0.2) is 70.2 Å². The van der Waals surface area contributed by atoms with Crippen molar-refractivity contribution in [3.05, 3.63) is 167 Å². The molecule has 0 aliphatic carbocycles. The van der Waals surface area contributed by atoms with Crippen LogP contribution in [0.2, 0.25) is 0 Å². The zero-order valence-corrected chi connectivity index (χ0v) is 39.1. The number of pyridine rings is 2. The highest BCUT2D eigenvalue weighted by atomic mass is 19.4. The van der Waals surface area contributed by atoms with Gasteiger partial charge in [-0.1, -0.05) is 12.1 Å². The maximum absolute atomic E-state index is 13.6. The number of hydrogen-bond acceptors (Lipinski definition) is 15. The second-order valence-corrected chi connectivity index (χ2v) is 15.4. The second-order valence-electron chi connectivity index (χ2n) is 15.4. The lowest BCUT2D eigenvalue weighted by Gasteiger charge is -2.15. The first kappa shape index (κ1) is 54.2. The Kier molecular flexibility index (Phi) is 16.1. The number of nitrogens with two attached hydrogens (primary N) is 1. The summed E-state index contributed by atoms with van der Waals surface area (Å²) in [7, 11) is 2.85. The Morgan fingerprint density at radius 2 is 1.11 bits per heavy atom. The number of aromatic nitrogens is 10. The molecule has 17 nitrogen and oxygen atoms in total. The summed E-state index contributed by atoms with van der Waals surface area (Å²) in [6.45, 7) is 1.76. The van der Waals surface area contributed by atoms with Crippen LogP contribution in [0.4, 0.5) is 82.7 Å². The average Bonchev–Trinajstić information content (AvgIpc) is 3.77. The van der Waals surface area contributed by atoms with Crippen LogP contribution in [0.1, 0.15) is 32.9 Å². The highest BCUT2D eigenvalue weighted by Gasteiger charge is 2.33. The van der Waals surface area contributed by atoms with E-state index in [9.17, 15) is 53.1 Å². The van der Waals surface area contributed by atoms with Gasteiger partial charge in [0.1, 0.15) is 11.4 Å². The van der Waals surface area contributed by atoms with Gasteiger partial charge >= 0.3 is 18.5 Å². The average molecular weight is 1060 g/mol. The van der Waals surface area contributed by atoms with E-state index in [1.54, 1.807) is 31.2 Å². The minimum absolute atomic E-state index is 0.0301. The van der Waals surface area contributed by atoms with Crippen molar-refractivity contribution in [1.82, 2.24) is 50.1 Å². The molecule has 0 saturated carbocycles. The van der Waals surface area contributed by atoms with E-state index in [1.165, 1.54) is 73.4 Å². The van der Waals surface area contributed by atoms with Crippen LogP contribution < -0.4 is 31.2 Å². The van der Waals surface area contributed by atoms with E-state index < -0.39 is 53.0 Å². The monoisotopic (exact) mass is 1060 g/mol. The van der Waals surface area contributed by atoms with Crippen LogP contribution in [0.25, 0.3) is 28.4 Å². The van der Waals surface area contributed by atoms with Crippen LogP contribution >= 0.6 is 0 Å². The van der Waals surface area contributed by atoms with Gasteiger partial charge in [-0.25, -0.2) is 15.0 Å². The van der Waals surface area contributed by atoms with Gasteiger partial charge in [0.2, 0.25) is 23.7 Å². The Morgan fingerprint density at radius 3 is 1.63 bits per heavy atom. The van der Waals surface area contributed by atoms with Gasteiger partial charge in [0.25, 0.3) is 5.91 Å². The number of halogens is 11. The molecule has 0 saturated heterocycles. The molecule has 28 heteroatoms. The Balaban J connectivity index is 0.000000169. The lowest BCUT2D eigenvalue weighted by atomic mass is 10.1. The predicted molar refractivity (Wildman–Crippen MR) is 253 cm³/mol. The van der Waals surface area contributed by atoms with Crippen LogP contribution in [0, 0.1) is 18.8 Å². The van der Waals surface area contributed by atoms with Crippen molar-refractivity contribution >= 4 is 51.3 Å². The van der Waals surface area contributed by atoms with Crippen molar-refractivity contribution < 1.29 is 62.6 Å². The first-order valence-electron chi connectivity index (χ1n) is 21.4. The fourth-order valence-electron chi connectivity index (χ4n) is 6.48. The zero-order valence-electron chi connectivity index (χ0n) is 39.1. The highest BCUT2D eigenvalue weighted by Crippen LogP contribution is 2.37. The number of anilines is 6. The molecule has 0 aliphatic rings. The fraction of sp³-hybridized carbons (Fsp3) is 0.125. The van der Waals surface area contributed by atoms with Gasteiger partial charge in [0, 0.05) is 12.1 Å². The van der Waals surface area contributed by atoms with E-state index in [0.717, 1.165) is 48.5 Å². The van der Waals surface area contributed by atoms with Gasteiger partial charge in [0.05, 0.1) is 70.4 Å². The number of nitrogens with one attached hydrogen (secondary N) is 3. The molecule has 76 heavy (non-hydrogen) atoms. The predicted octanol–water partition coefficient (Wildman–Crippen LogP) is 11.2. The number of methoxy groups -OCH3 is 2. The number of alkyl halides is 9. The highest BCUT2D eigenvalue weighted by molar-refractivity contribution is 6.05. The molecule has 6 aromatic heterocycles. The van der Waals surface area contributed by atoms with Crippen molar-refractivity contribution in [2.24, 2.45) is 0 Å². The third-order valence-corrected chi connectivity index (χ3v) is 10.1. The molecule has 9 aromatic rings. The molecular weight excluding hydrogens is 1030 g/mol. The number of carbonyl (C=O) groups is 1. The Morgan fingerprint density at radius 1 is 0.553 bits per heavy atom. The van der Waals surface area contributed by atoms with E-state index in [4.69, 9.17) is 15.2 Å². The lowest BCUT2D eigenvalue weighted by Crippen LogP contribution is -2.16. The molecule has 0 spiro atoms. The number of rotatable bonds is 10. The van der Waals surface area contributed by atoms with Crippen LogP contribution in [-0.2, 0) is 18.5 Å². The van der Waals surface area contributed by atoms with E-state index in [-0.39, 0.29) is 51.5 Å². The van der Waals surface area contributed by atoms with E-state index >= 15 is 0 Å². The molecule has 0 atom stereocenters. The largest absolute Gasteiger partial charge is 0.480 e. The number of aryl methyl sites for hydroxylation is 1. The molecule has 0 aliphatic heterocycles. The van der Waals surface area contributed by atoms with E-state index in [0.29, 0.717) is 34.4 Å². The molecule has 5 N–H and O–H groups in total. The number of hydrogen-bond donors (Lipinski definition) is 4. The molecule has 0 unspecified atom stereocenters. The number of amides is 1. The molecular formula is C48H35F11N14O3. The van der Waals surface area contributed by atoms with Crippen molar-refractivity contribution in [3.8, 4) is 29.1 Å². The zero-order chi connectivity index (χ0) is 55.0. The molecule has 0 bridgehead atoms. The quantitative estimate of drug-likeness (QED) is 0.0569. The summed E-state index contributed by atoms with van der Waals surface area (Å²) in [5.41, 5.74) is 4.19. The Hall–Kier alpha value is -9.63. The van der Waals surface area contributed by atoms with Gasteiger partial charge in [-0.2, -0.15) is 53.4 Å². The molecule has 9 rings (SSSR count). The fourth-order valence-corrected chi connectivity index (χ4v) is 6.48. The van der Waals surface area contributed by atoms with Crippen molar-refractivity contribution in [2.45, 2.75) is 25.5 Å². The number of nitrogens with zero attached hydrogens (tertiary/aromatic N) is 10.